The topological polar surface area (TPSA) is 73.2 Å². The average molecular weight is 329 g/mol. The first kappa shape index (κ1) is 17.7. The van der Waals surface area contributed by atoms with Gasteiger partial charge in [0.25, 0.3) is 5.91 Å². The van der Waals surface area contributed by atoms with Crippen LogP contribution < -0.4 is 5.32 Å². The van der Waals surface area contributed by atoms with Crippen molar-refractivity contribution in [3.63, 3.8) is 0 Å². The molecule has 6 heteroatoms. The fourth-order valence-corrected chi connectivity index (χ4v) is 2.42. The second-order valence-electron chi connectivity index (χ2n) is 6.69. The molecule has 1 amide bonds. The number of amides is 1. The van der Waals surface area contributed by atoms with Crippen molar-refractivity contribution in [3.05, 3.63) is 47.8 Å². The summed E-state index contributed by atoms with van der Waals surface area (Å²) in [6, 6.07) is 8.81. The summed E-state index contributed by atoms with van der Waals surface area (Å²) in [6.07, 6.45) is 1.51. The van der Waals surface area contributed by atoms with E-state index in [4.69, 9.17) is 4.74 Å². The lowest BCUT2D eigenvalue weighted by molar-refractivity contribution is -0.145. The van der Waals surface area contributed by atoms with Gasteiger partial charge in [0.2, 0.25) is 0 Å². The molecule has 2 rings (SSSR count). The lowest BCUT2D eigenvalue weighted by Crippen LogP contribution is -2.49. The van der Waals surface area contributed by atoms with Crippen LogP contribution in [0.15, 0.2) is 36.5 Å². The van der Waals surface area contributed by atoms with Crippen molar-refractivity contribution < 1.29 is 14.3 Å². The molecule has 0 saturated heterocycles. The highest BCUT2D eigenvalue weighted by Gasteiger charge is 2.34. The van der Waals surface area contributed by atoms with Gasteiger partial charge >= 0.3 is 5.97 Å². The van der Waals surface area contributed by atoms with Crippen LogP contribution in [-0.2, 0) is 9.53 Å². The van der Waals surface area contributed by atoms with Crippen molar-refractivity contribution in [2.24, 2.45) is 5.41 Å². The number of hydrogen-bond acceptors (Lipinski definition) is 4. The zero-order chi connectivity index (χ0) is 17.9. The molecule has 1 heterocycles. The summed E-state index contributed by atoms with van der Waals surface area (Å²) in [4.78, 5) is 24.6. The number of esters is 1. The maximum Gasteiger partial charge on any atom is 0.328 e. The monoisotopic (exact) mass is 329 g/mol. The van der Waals surface area contributed by atoms with Crippen molar-refractivity contribution in [1.29, 1.82) is 0 Å². The molecule has 1 atom stereocenters. The van der Waals surface area contributed by atoms with Gasteiger partial charge in [-0.1, -0.05) is 39.0 Å². The van der Waals surface area contributed by atoms with Crippen LogP contribution in [0, 0.1) is 12.3 Å². The zero-order valence-corrected chi connectivity index (χ0v) is 14.7. The predicted octanol–water partition coefficient (Wildman–Crippen LogP) is 2.50. The third-order valence-corrected chi connectivity index (χ3v) is 3.83. The fourth-order valence-electron chi connectivity index (χ4n) is 2.42. The van der Waals surface area contributed by atoms with Crippen molar-refractivity contribution in [2.75, 3.05) is 7.11 Å². The summed E-state index contributed by atoms with van der Waals surface area (Å²) in [5.41, 5.74) is 1.54. The standard InChI is InChI=1S/C18H23N3O3/c1-12-14(11-19-21(12)13-9-7-6-8-10-13)16(22)20-15(17(23)24-5)18(2,3)4/h6-11,15H,1-5H3,(H,20,22)/t15-/m1/s1. The SMILES string of the molecule is COC(=O)[C@@H](NC(=O)c1cnn(-c2ccccc2)c1C)C(C)(C)C. The minimum Gasteiger partial charge on any atom is -0.467 e. The number of methoxy groups -OCH3 is 1. The molecule has 24 heavy (non-hydrogen) atoms. The summed E-state index contributed by atoms with van der Waals surface area (Å²) in [7, 11) is 1.31. The lowest BCUT2D eigenvalue weighted by Gasteiger charge is -2.28. The van der Waals surface area contributed by atoms with Crippen LogP contribution in [0.1, 0.15) is 36.8 Å². The van der Waals surface area contributed by atoms with E-state index in [0.29, 0.717) is 11.3 Å². The van der Waals surface area contributed by atoms with E-state index in [0.717, 1.165) is 5.69 Å². The Morgan fingerprint density at radius 3 is 2.38 bits per heavy atom. The zero-order valence-electron chi connectivity index (χ0n) is 14.7. The van der Waals surface area contributed by atoms with Crippen LogP contribution in [0.25, 0.3) is 5.69 Å². The van der Waals surface area contributed by atoms with Crippen molar-refractivity contribution in [2.45, 2.75) is 33.7 Å². The first-order valence-corrected chi connectivity index (χ1v) is 7.74. The molecule has 1 N–H and O–H groups in total. The summed E-state index contributed by atoms with van der Waals surface area (Å²) < 4.78 is 6.50. The Hall–Kier alpha value is -2.63. The number of nitrogens with zero attached hydrogens (tertiary/aromatic N) is 2. The molecule has 0 aliphatic heterocycles. The van der Waals surface area contributed by atoms with E-state index in [2.05, 4.69) is 10.4 Å². The van der Waals surface area contributed by atoms with E-state index in [-0.39, 0.29) is 5.91 Å². The molecule has 0 aliphatic carbocycles. The van der Waals surface area contributed by atoms with Crippen LogP contribution in [0.5, 0.6) is 0 Å². The smallest absolute Gasteiger partial charge is 0.328 e. The molecule has 0 unspecified atom stereocenters. The van der Waals surface area contributed by atoms with Gasteiger partial charge in [-0.25, -0.2) is 9.48 Å². The third kappa shape index (κ3) is 3.64. The molecule has 1 aromatic carbocycles. The van der Waals surface area contributed by atoms with E-state index in [1.165, 1.54) is 13.3 Å². The minimum absolute atomic E-state index is 0.347. The van der Waals surface area contributed by atoms with E-state index < -0.39 is 17.4 Å². The number of para-hydroxylation sites is 1. The predicted molar refractivity (Wildman–Crippen MR) is 91.0 cm³/mol. The van der Waals surface area contributed by atoms with Crippen LogP contribution >= 0.6 is 0 Å². The highest BCUT2D eigenvalue weighted by Crippen LogP contribution is 2.21. The lowest BCUT2D eigenvalue weighted by atomic mass is 9.86. The summed E-state index contributed by atoms with van der Waals surface area (Å²) in [5, 5.41) is 7.04. The van der Waals surface area contributed by atoms with Crippen LogP contribution in [0.2, 0.25) is 0 Å². The highest BCUT2D eigenvalue weighted by atomic mass is 16.5. The molecule has 0 aliphatic rings. The van der Waals surface area contributed by atoms with Gasteiger partial charge < -0.3 is 10.1 Å². The van der Waals surface area contributed by atoms with E-state index in [1.54, 1.807) is 4.68 Å². The summed E-state index contributed by atoms with van der Waals surface area (Å²) in [6.45, 7) is 7.43. The van der Waals surface area contributed by atoms with Gasteiger partial charge in [0.1, 0.15) is 6.04 Å². The maximum absolute atomic E-state index is 12.6. The Balaban J connectivity index is 2.27. The van der Waals surface area contributed by atoms with E-state index >= 15 is 0 Å². The van der Waals surface area contributed by atoms with Gasteiger partial charge in [-0.3, -0.25) is 4.79 Å². The largest absolute Gasteiger partial charge is 0.467 e. The van der Waals surface area contributed by atoms with Gasteiger partial charge in [0, 0.05) is 0 Å². The minimum atomic E-state index is -0.741. The van der Waals surface area contributed by atoms with Crippen molar-refractivity contribution >= 4 is 11.9 Å². The van der Waals surface area contributed by atoms with Gasteiger partial charge in [-0.05, 0) is 24.5 Å². The second kappa shape index (κ2) is 6.86. The number of carbonyl (C=O) groups is 2. The molecule has 0 spiro atoms. The molecule has 0 fully saturated rings. The number of ether oxygens (including phenoxy) is 1. The number of nitrogens with one attached hydrogen (secondary N) is 1. The summed E-state index contributed by atoms with van der Waals surface area (Å²) in [5.74, 6) is -0.816. The van der Waals surface area contributed by atoms with E-state index in [1.807, 2.05) is 58.0 Å². The molecule has 6 nitrogen and oxygen atoms in total. The molecular formula is C18H23N3O3. The summed E-state index contributed by atoms with van der Waals surface area (Å²) >= 11 is 0. The highest BCUT2D eigenvalue weighted by molar-refractivity contribution is 5.97. The van der Waals surface area contributed by atoms with Gasteiger partial charge in [-0.15, -0.1) is 0 Å². The van der Waals surface area contributed by atoms with Crippen LogP contribution in [-0.4, -0.2) is 34.8 Å². The van der Waals surface area contributed by atoms with Crippen LogP contribution in [0.4, 0.5) is 0 Å². The Morgan fingerprint density at radius 1 is 1.21 bits per heavy atom. The number of benzene rings is 1. The van der Waals surface area contributed by atoms with E-state index in [9.17, 15) is 9.59 Å². The molecule has 0 bridgehead atoms. The molecule has 128 valence electrons. The Bertz CT molecular complexity index is 730. The van der Waals surface area contributed by atoms with Gasteiger partial charge in [0.15, 0.2) is 0 Å². The van der Waals surface area contributed by atoms with Crippen molar-refractivity contribution in [3.8, 4) is 5.69 Å². The Labute approximate surface area is 141 Å². The number of rotatable bonds is 4. The Morgan fingerprint density at radius 2 is 1.83 bits per heavy atom. The van der Waals surface area contributed by atoms with Gasteiger partial charge in [0.05, 0.1) is 30.3 Å². The third-order valence-electron chi connectivity index (χ3n) is 3.83. The maximum atomic E-state index is 12.6. The molecule has 0 radical (unpaired) electrons. The number of carbonyl (C=O) groups excluding carboxylic acids is 2. The molecule has 2 aromatic rings. The second-order valence-corrected chi connectivity index (χ2v) is 6.69. The molecular weight excluding hydrogens is 306 g/mol. The molecule has 0 saturated carbocycles. The quantitative estimate of drug-likeness (QED) is 0.875. The number of aromatic nitrogens is 2. The number of hydrogen-bond donors (Lipinski definition) is 1. The van der Waals surface area contributed by atoms with Crippen molar-refractivity contribution in [1.82, 2.24) is 15.1 Å². The molecule has 1 aromatic heterocycles. The first-order valence-electron chi connectivity index (χ1n) is 7.74. The normalized spacial score (nSPS) is 12.5. The van der Waals surface area contributed by atoms with Crippen LogP contribution in [0.3, 0.4) is 0 Å². The first-order chi connectivity index (χ1) is 11.3. The van der Waals surface area contributed by atoms with Gasteiger partial charge in [-0.2, -0.15) is 5.10 Å². The Kier molecular flexibility index (Phi) is 5.07. The fraction of sp³-hybridized carbons (Fsp3) is 0.389. The average Bonchev–Trinajstić information content (AvgIpc) is 2.93.